The van der Waals surface area contributed by atoms with Crippen LogP contribution in [0.3, 0.4) is 0 Å². The monoisotopic (exact) mass is 273 g/mol. The van der Waals surface area contributed by atoms with E-state index in [1.165, 1.54) is 0 Å². The van der Waals surface area contributed by atoms with Crippen LogP contribution in [0.25, 0.3) is 5.76 Å². The third-order valence-electron chi connectivity index (χ3n) is 2.92. The van der Waals surface area contributed by atoms with Crippen molar-refractivity contribution >= 4 is 17.5 Å². The second-order valence-electron chi connectivity index (χ2n) is 4.34. The molecule has 0 aliphatic heterocycles. The molecule has 2 amide bonds. The lowest BCUT2D eigenvalue weighted by atomic mass is 9.99. The number of nitrogens with two attached hydrogens (primary N) is 1. The quantitative estimate of drug-likeness (QED) is 0.581. The lowest BCUT2D eigenvalue weighted by molar-refractivity contribution is 0.251. The van der Waals surface area contributed by atoms with Crippen LogP contribution in [0.2, 0.25) is 0 Å². The number of hydrogen-bond donors (Lipinski definition) is 3. The third-order valence-corrected chi connectivity index (χ3v) is 2.92. The molecule has 5 heteroatoms. The van der Waals surface area contributed by atoms with E-state index in [4.69, 9.17) is 5.73 Å². The maximum Gasteiger partial charge on any atom is 0.316 e. The Balaban J connectivity index is 3.24. The molecule has 0 heterocycles. The fraction of sp³-hybridized carbons (Fsp3) is 0.200. The standard InChI is InChI=1S/C15H19N3O2/c1-9(10(2)18-15(16)20)14(17-4)13-7-5-6-12(8-13)11(3)19/h5-8,19H,3H2,1-2,4H3,(H3,16,18,20)/b10-9+,17-14+. The van der Waals surface area contributed by atoms with Crippen molar-refractivity contribution in [3.8, 4) is 0 Å². The van der Waals surface area contributed by atoms with Crippen molar-refractivity contribution in [2.45, 2.75) is 13.8 Å². The summed E-state index contributed by atoms with van der Waals surface area (Å²) in [6.45, 7) is 7.09. The van der Waals surface area contributed by atoms with Crippen LogP contribution in [-0.4, -0.2) is 23.9 Å². The van der Waals surface area contributed by atoms with Gasteiger partial charge in [0.2, 0.25) is 0 Å². The van der Waals surface area contributed by atoms with Gasteiger partial charge in [-0.25, -0.2) is 4.79 Å². The van der Waals surface area contributed by atoms with Gasteiger partial charge in [-0.1, -0.05) is 24.8 Å². The summed E-state index contributed by atoms with van der Waals surface area (Å²) in [7, 11) is 1.66. The van der Waals surface area contributed by atoms with Crippen molar-refractivity contribution in [2.24, 2.45) is 10.7 Å². The Labute approximate surface area is 118 Å². The zero-order valence-electron chi connectivity index (χ0n) is 11.9. The highest BCUT2D eigenvalue weighted by Gasteiger charge is 2.10. The average molecular weight is 273 g/mol. The molecule has 0 radical (unpaired) electrons. The number of primary amides is 1. The summed E-state index contributed by atoms with van der Waals surface area (Å²) in [5, 5.41) is 12.0. The molecular weight excluding hydrogens is 254 g/mol. The van der Waals surface area contributed by atoms with Gasteiger partial charge in [0.05, 0.1) is 5.71 Å². The Bertz CT molecular complexity index is 601. The first-order valence-corrected chi connectivity index (χ1v) is 6.06. The number of hydrogen-bond acceptors (Lipinski definition) is 3. The summed E-state index contributed by atoms with van der Waals surface area (Å²) in [5.74, 6) is -0.00378. The zero-order chi connectivity index (χ0) is 15.3. The molecule has 0 saturated heterocycles. The number of benzene rings is 1. The topological polar surface area (TPSA) is 87.7 Å². The number of aliphatic imine (C=N–C) groups is 1. The van der Waals surface area contributed by atoms with E-state index in [1.54, 1.807) is 32.2 Å². The number of allylic oxidation sites excluding steroid dienone is 2. The third kappa shape index (κ3) is 3.71. The van der Waals surface area contributed by atoms with Crippen LogP contribution in [0, 0.1) is 0 Å². The minimum absolute atomic E-state index is 0.00378. The fourth-order valence-corrected chi connectivity index (χ4v) is 1.82. The van der Waals surface area contributed by atoms with Crippen LogP contribution in [-0.2, 0) is 0 Å². The lowest BCUT2D eigenvalue weighted by Gasteiger charge is -2.12. The van der Waals surface area contributed by atoms with Gasteiger partial charge in [-0.2, -0.15) is 0 Å². The summed E-state index contributed by atoms with van der Waals surface area (Å²) in [4.78, 5) is 15.1. The number of amides is 2. The van der Waals surface area contributed by atoms with Crippen molar-refractivity contribution in [1.82, 2.24) is 5.32 Å². The van der Waals surface area contributed by atoms with Crippen molar-refractivity contribution in [3.05, 3.63) is 53.2 Å². The number of rotatable bonds is 4. The summed E-state index contributed by atoms with van der Waals surface area (Å²) in [5.41, 5.74) is 8.69. The Morgan fingerprint density at radius 3 is 2.45 bits per heavy atom. The van der Waals surface area contributed by atoms with E-state index >= 15 is 0 Å². The molecule has 0 aromatic heterocycles. The van der Waals surface area contributed by atoms with Gasteiger partial charge >= 0.3 is 6.03 Å². The molecule has 0 aliphatic carbocycles. The van der Waals surface area contributed by atoms with E-state index in [0.717, 1.165) is 11.1 Å². The van der Waals surface area contributed by atoms with Crippen LogP contribution >= 0.6 is 0 Å². The highest BCUT2D eigenvalue weighted by molar-refractivity contribution is 6.13. The molecule has 1 rings (SSSR count). The molecule has 0 bridgehead atoms. The van der Waals surface area contributed by atoms with Crippen molar-refractivity contribution in [1.29, 1.82) is 0 Å². The van der Waals surface area contributed by atoms with Gasteiger partial charge in [-0.3, -0.25) is 4.99 Å². The van der Waals surface area contributed by atoms with Gasteiger partial charge in [0, 0.05) is 23.9 Å². The largest absolute Gasteiger partial charge is 0.508 e. The number of aliphatic hydroxyl groups excluding tert-OH is 1. The molecule has 5 nitrogen and oxygen atoms in total. The number of carbonyl (C=O) groups excluding carboxylic acids is 1. The highest BCUT2D eigenvalue weighted by atomic mass is 16.3. The van der Waals surface area contributed by atoms with Gasteiger partial charge < -0.3 is 16.2 Å². The maximum absolute atomic E-state index is 10.9. The number of aliphatic hydroxyl groups is 1. The first-order chi connectivity index (χ1) is 9.36. The van der Waals surface area contributed by atoms with Gasteiger partial charge in [0.15, 0.2) is 0 Å². The molecule has 0 aliphatic rings. The van der Waals surface area contributed by atoms with E-state index in [2.05, 4.69) is 16.9 Å². The van der Waals surface area contributed by atoms with E-state index in [1.807, 2.05) is 13.0 Å². The predicted molar refractivity (Wildman–Crippen MR) is 81.7 cm³/mol. The Morgan fingerprint density at radius 2 is 1.95 bits per heavy atom. The van der Waals surface area contributed by atoms with Crippen molar-refractivity contribution in [3.63, 3.8) is 0 Å². The number of nitrogens with zero attached hydrogens (tertiary/aromatic N) is 1. The average Bonchev–Trinajstić information content (AvgIpc) is 2.39. The molecule has 0 unspecified atom stereocenters. The summed E-state index contributed by atoms with van der Waals surface area (Å²) >= 11 is 0. The van der Waals surface area contributed by atoms with Gasteiger partial charge in [0.25, 0.3) is 0 Å². The predicted octanol–water partition coefficient (Wildman–Crippen LogP) is 2.60. The van der Waals surface area contributed by atoms with E-state index in [9.17, 15) is 9.90 Å². The Morgan fingerprint density at radius 1 is 1.35 bits per heavy atom. The lowest BCUT2D eigenvalue weighted by Crippen LogP contribution is -2.29. The Hall–Kier alpha value is -2.56. The molecule has 106 valence electrons. The van der Waals surface area contributed by atoms with Gasteiger partial charge in [0.1, 0.15) is 5.76 Å². The molecule has 1 aromatic carbocycles. The van der Waals surface area contributed by atoms with Crippen LogP contribution < -0.4 is 11.1 Å². The fourth-order valence-electron chi connectivity index (χ4n) is 1.82. The van der Waals surface area contributed by atoms with Crippen molar-refractivity contribution < 1.29 is 9.90 Å². The summed E-state index contributed by atoms with van der Waals surface area (Å²) in [6, 6.07) is 6.60. The second-order valence-corrected chi connectivity index (χ2v) is 4.34. The molecule has 4 N–H and O–H groups in total. The normalized spacial score (nSPS) is 12.7. The van der Waals surface area contributed by atoms with Crippen molar-refractivity contribution in [2.75, 3.05) is 7.05 Å². The number of urea groups is 1. The van der Waals surface area contributed by atoms with E-state index < -0.39 is 6.03 Å². The maximum atomic E-state index is 10.9. The molecule has 0 fully saturated rings. The molecule has 0 spiro atoms. The highest BCUT2D eigenvalue weighted by Crippen LogP contribution is 2.16. The number of carbonyl (C=O) groups is 1. The van der Waals surface area contributed by atoms with Crippen LogP contribution in [0.15, 0.2) is 47.1 Å². The van der Waals surface area contributed by atoms with Crippen LogP contribution in [0.1, 0.15) is 25.0 Å². The van der Waals surface area contributed by atoms with Crippen LogP contribution in [0.4, 0.5) is 4.79 Å². The first-order valence-electron chi connectivity index (χ1n) is 6.06. The minimum Gasteiger partial charge on any atom is -0.508 e. The van der Waals surface area contributed by atoms with Crippen LogP contribution in [0.5, 0.6) is 0 Å². The van der Waals surface area contributed by atoms with Gasteiger partial charge in [-0.15, -0.1) is 0 Å². The number of nitrogens with one attached hydrogen (secondary N) is 1. The zero-order valence-corrected chi connectivity index (χ0v) is 11.9. The minimum atomic E-state index is -0.616. The second kappa shape index (κ2) is 6.56. The SMILES string of the molecule is C=C(O)c1cccc(C(=N/C)/C(C)=C(\C)NC(N)=O)c1. The summed E-state index contributed by atoms with van der Waals surface area (Å²) in [6.07, 6.45) is 0. The first kappa shape index (κ1) is 15.5. The molecule has 0 saturated carbocycles. The summed E-state index contributed by atoms with van der Waals surface area (Å²) < 4.78 is 0. The van der Waals surface area contributed by atoms with E-state index in [-0.39, 0.29) is 5.76 Å². The molecular formula is C15H19N3O2. The molecule has 0 atom stereocenters. The van der Waals surface area contributed by atoms with Gasteiger partial charge in [-0.05, 0) is 25.5 Å². The Kier molecular flexibility index (Phi) is 5.08. The smallest absolute Gasteiger partial charge is 0.316 e. The molecule has 1 aromatic rings. The molecule has 20 heavy (non-hydrogen) atoms. The van der Waals surface area contributed by atoms with E-state index in [0.29, 0.717) is 17.0 Å².